The number of amides is 1. The molecule has 0 atom stereocenters. The Bertz CT molecular complexity index is 462. The molecule has 1 aromatic rings. The molecule has 1 amide bonds. The third-order valence-electron chi connectivity index (χ3n) is 4.17. The summed E-state index contributed by atoms with van der Waals surface area (Å²) in [6.45, 7) is 5.11. The number of hydrogen-bond acceptors (Lipinski definition) is 3. The summed E-state index contributed by atoms with van der Waals surface area (Å²) in [5, 5.41) is 3.01. The molecule has 4 heteroatoms. The van der Waals surface area contributed by atoms with Crippen molar-refractivity contribution in [3.8, 4) is 5.75 Å². The van der Waals surface area contributed by atoms with E-state index >= 15 is 0 Å². The summed E-state index contributed by atoms with van der Waals surface area (Å²) >= 11 is 0. The van der Waals surface area contributed by atoms with Crippen LogP contribution in [-0.2, 0) is 9.53 Å². The van der Waals surface area contributed by atoms with Crippen molar-refractivity contribution in [1.82, 2.24) is 0 Å². The molecule has 2 rings (SSSR count). The molecule has 1 aliphatic carbocycles. The first kappa shape index (κ1) is 16.8. The summed E-state index contributed by atoms with van der Waals surface area (Å²) in [5.74, 6) is 0.801. The largest absolute Gasteiger partial charge is 0.494 e. The lowest BCUT2D eigenvalue weighted by Crippen LogP contribution is -2.45. The summed E-state index contributed by atoms with van der Waals surface area (Å²) in [7, 11) is 0. The number of hydrogen-bond donors (Lipinski definition) is 1. The van der Waals surface area contributed by atoms with Crippen LogP contribution in [0.15, 0.2) is 24.3 Å². The maximum atomic E-state index is 12.8. The van der Waals surface area contributed by atoms with Gasteiger partial charge in [-0.05, 0) is 51.0 Å². The van der Waals surface area contributed by atoms with Gasteiger partial charge in [0.25, 0.3) is 5.91 Å². The molecular formula is C18H27NO3. The van der Waals surface area contributed by atoms with Crippen molar-refractivity contribution in [1.29, 1.82) is 0 Å². The van der Waals surface area contributed by atoms with Crippen LogP contribution in [0, 0.1) is 0 Å². The van der Waals surface area contributed by atoms with Crippen molar-refractivity contribution < 1.29 is 14.3 Å². The van der Waals surface area contributed by atoms with E-state index in [0.717, 1.165) is 37.1 Å². The number of benzene rings is 1. The fourth-order valence-electron chi connectivity index (χ4n) is 3.06. The molecule has 122 valence electrons. The zero-order valence-corrected chi connectivity index (χ0v) is 13.7. The maximum absolute atomic E-state index is 12.8. The second-order valence-corrected chi connectivity index (χ2v) is 5.75. The number of rotatable bonds is 6. The van der Waals surface area contributed by atoms with Crippen LogP contribution in [0.25, 0.3) is 0 Å². The third kappa shape index (κ3) is 4.23. The molecule has 0 heterocycles. The smallest absolute Gasteiger partial charge is 0.256 e. The highest BCUT2D eigenvalue weighted by Gasteiger charge is 2.39. The SMILES string of the molecule is CCOc1ccc(NC(=O)C2(OCC)CCCCCC2)cc1. The Morgan fingerprint density at radius 3 is 2.23 bits per heavy atom. The van der Waals surface area contributed by atoms with Gasteiger partial charge in [-0.3, -0.25) is 4.79 Å². The standard InChI is InChI=1S/C18H27NO3/c1-3-21-16-11-9-15(10-12-16)19-17(20)18(22-4-2)13-7-5-6-8-14-18/h9-12H,3-8,13-14H2,1-2H3,(H,19,20). The molecule has 1 saturated carbocycles. The summed E-state index contributed by atoms with van der Waals surface area (Å²) in [6.07, 6.45) is 6.09. The Labute approximate surface area is 133 Å². The average Bonchev–Trinajstić information content (AvgIpc) is 2.76. The maximum Gasteiger partial charge on any atom is 0.256 e. The van der Waals surface area contributed by atoms with E-state index in [1.807, 2.05) is 38.1 Å². The number of nitrogens with one attached hydrogen (secondary N) is 1. The monoisotopic (exact) mass is 305 g/mol. The van der Waals surface area contributed by atoms with Gasteiger partial charge in [0.05, 0.1) is 6.61 Å². The fraction of sp³-hybridized carbons (Fsp3) is 0.611. The Morgan fingerprint density at radius 1 is 1.05 bits per heavy atom. The van der Waals surface area contributed by atoms with Gasteiger partial charge in [0, 0.05) is 12.3 Å². The molecule has 1 N–H and O–H groups in total. The highest BCUT2D eigenvalue weighted by Crippen LogP contribution is 2.32. The predicted molar refractivity (Wildman–Crippen MR) is 88.3 cm³/mol. The zero-order valence-electron chi connectivity index (χ0n) is 13.7. The van der Waals surface area contributed by atoms with E-state index in [1.54, 1.807) is 0 Å². The molecule has 0 aromatic heterocycles. The Balaban J connectivity index is 2.06. The summed E-state index contributed by atoms with van der Waals surface area (Å²) in [6, 6.07) is 7.50. The van der Waals surface area contributed by atoms with Gasteiger partial charge in [-0.1, -0.05) is 25.7 Å². The molecule has 4 nitrogen and oxygen atoms in total. The first-order chi connectivity index (χ1) is 10.7. The molecule has 1 fully saturated rings. The van der Waals surface area contributed by atoms with E-state index in [0.29, 0.717) is 13.2 Å². The second kappa shape index (κ2) is 8.18. The Kier molecular flexibility index (Phi) is 6.25. The molecule has 0 saturated heterocycles. The van der Waals surface area contributed by atoms with Gasteiger partial charge < -0.3 is 14.8 Å². The third-order valence-corrected chi connectivity index (χ3v) is 4.17. The highest BCUT2D eigenvalue weighted by molar-refractivity contribution is 5.97. The highest BCUT2D eigenvalue weighted by atomic mass is 16.5. The van der Waals surface area contributed by atoms with Crippen LogP contribution in [0.1, 0.15) is 52.4 Å². The summed E-state index contributed by atoms with van der Waals surface area (Å²) < 4.78 is 11.3. The average molecular weight is 305 g/mol. The van der Waals surface area contributed by atoms with E-state index < -0.39 is 5.60 Å². The fourth-order valence-corrected chi connectivity index (χ4v) is 3.06. The van der Waals surface area contributed by atoms with Crippen molar-refractivity contribution in [2.75, 3.05) is 18.5 Å². The van der Waals surface area contributed by atoms with Crippen LogP contribution < -0.4 is 10.1 Å². The van der Waals surface area contributed by atoms with Gasteiger partial charge in [-0.15, -0.1) is 0 Å². The van der Waals surface area contributed by atoms with E-state index in [-0.39, 0.29) is 5.91 Å². The van der Waals surface area contributed by atoms with Crippen molar-refractivity contribution >= 4 is 11.6 Å². The van der Waals surface area contributed by atoms with Crippen LogP contribution in [0.4, 0.5) is 5.69 Å². The van der Waals surface area contributed by atoms with Gasteiger partial charge in [-0.25, -0.2) is 0 Å². The first-order valence-corrected chi connectivity index (χ1v) is 8.38. The molecular weight excluding hydrogens is 278 g/mol. The zero-order chi connectivity index (χ0) is 15.8. The van der Waals surface area contributed by atoms with Gasteiger partial charge in [0.1, 0.15) is 11.4 Å². The second-order valence-electron chi connectivity index (χ2n) is 5.75. The van der Waals surface area contributed by atoms with E-state index in [9.17, 15) is 4.79 Å². The topological polar surface area (TPSA) is 47.6 Å². The predicted octanol–water partition coefficient (Wildman–Crippen LogP) is 4.15. The molecule has 0 unspecified atom stereocenters. The lowest BCUT2D eigenvalue weighted by atomic mass is 9.93. The van der Waals surface area contributed by atoms with Crippen LogP contribution in [-0.4, -0.2) is 24.7 Å². The first-order valence-electron chi connectivity index (χ1n) is 8.38. The quantitative estimate of drug-likeness (QED) is 0.803. The van der Waals surface area contributed by atoms with Crippen LogP contribution in [0.5, 0.6) is 5.75 Å². The van der Waals surface area contributed by atoms with E-state index in [1.165, 1.54) is 12.8 Å². The molecule has 1 aliphatic rings. The number of carbonyl (C=O) groups excluding carboxylic acids is 1. The van der Waals surface area contributed by atoms with Crippen LogP contribution in [0.3, 0.4) is 0 Å². The summed E-state index contributed by atoms with van der Waals surface area (Å²) in [4.78, 5) is 12.8. The minimum atomic E-state index is -0.663. The Morgan fingerprint density at radius 2 is 1.68 bits per heavy atom. The van der Waals surface area contributed by atoms with Crippen LogP contribution in [0.2, 0.25) is 0 Å². The Hall–Kier alpha value is -1.55. The molecule has 0 radical (unpaired) electrons. The number of ether oxygens (including phenoxy) is 2. The van der Waals surface area contributed by atoms with Gasteiger partial charge >= 0.3 is 0 Å². The lowest BCUT2D eigenvalue weighted by Gasteiger charge is -2.31. The molecule has 0 spiro atoms. The van der Waals surface area contributed by atoms with Gasteiger partial charge in [0.2, 0.25) is 0 Å². The van der Waals surface area contributed by atoms with Crippen molar-refractivity contribution in [3.63, 3.8) is 0 Å². The molecule has 0 aliphatic heterocycles. The number of anilines is 1. The van der Waals surface area contributed by atoms with E-state index in [4.69, 9.17) is 9.47 Å². The normalized spacial score (nSPS) is 17.5. The van der Waals surface area contributed by atoms with Gasteiger partial charge in [0.15, 0.2) is 0 Å². The summed E-state index contributed by atoms with van der Waals surface area (Å²) in [5.41, 5.74) is 0.126. The van der Waals surface area contributed by atoms with E-state index in [2.05, 4.69) is 5.32 Å². The van der Waals surface area contributed by atoms with Crippen molar-refractivity contribution in [3.05, 3.63) is 24.3 Å². The molecule has 0 bridgehead atoms. The van der Waals surface area contributed by atoms with Crippen molar-refractivity contribution in [2.24, 2.45) is 0 Å². The van der Waals surface area contributed by atoms with Crippen LogP contribution >= 0.6 is 0 Å². The number of carbonyl (C=O) groups is 1. The molecule has 22 heavy (non-hydrogen) atoms. The van der Waals surface area contributed by atoms with Crippen molar-refractivity contribution in [2.45, 2.75) is 58.0 Å². The minimum absolute atomic E-state index is 0.0135. The lowest BCUT2D eigenvalue weighted by molar-refractivity contribution is -0.143. The minimum Gasteiger partial charge on any atom is -0.494 e. The molecule has 1 aromatic carbocycles. The van der Waals surface area contributed by atoms with Gasteiger partial charge in [-0.2, -0.15) is 0 Å².